The van der Waals surface area contributed by atoms with E-state index in [0.717, 1.165) is 17.7 Å². The number of hydrogen-bond acceptors (Lipinski definition) is 6. The van der Waals surface area contributed by atoms with Gasteiger partial charge in [0.05, 0.1) is 18.1 Å². The Morgan fingerprint density at radius 3 is 2.45 bits per heavy atom. The highest BCUT2D eigenvalue weighted by Gasteiger charge is 2.11. The summed E-state index contributed by atoms with van der Waals surface area (Å²) in [5.41, 5.74) is 1.22. The molecule has 0 bridgehead atoms. The smallest absolute Gasteiger partial charge is 0.229 e. The van der Waals surface area contributed by atoms with E-state index in [1.807, 2.05) is 18.2 Å². The molecular formula is C14H15N3O4S. The highest BCUT2D eigenvalue weighted by molar-refractivity contribution is 7.92. The molecule has 0 aliphatic carbocycles. The Kier molecular flexibility index (Phi) is 3.76. The van der Waals surface area contributed by atoms with Gasteiger partial charge in [-0.05, 0) is 24.3 Å². The molecule has 1 aromatic carbocycles. The molecule has 2 heterocycles. The predicted octanol–water partition coefficient (Wildman–Crippen LogP) is 1.97. The number of benzene rings is 1. The van der Waals surface area contributed by atoms with Gasteiger partial charge in [-0.1, -0.05) is 0 Å². The molecule has 0 radical (unpaired) electrons. The third-order valence-corrected chi connectivity index (χ3v) is 3.49. The normalized spacial score (nSPS) is 13.5. The van der Waals surface area contributed by atoms with Crippen molar-refractivity contribution in [2.24, 2.45) is 0 Å². The number of fused-ring (bicyclic) bond motifs is 1. The standard InChI is InChI=1S/C14H15N3O4S/c1-22(18,19)17-11-3-5-14(15-9-11)16-10-2-4-12-13(8-10)21-7-6-20-12/h2-5,8-9,17H,6-7H2,1H3,(H,15,16). The summed E-state index contributed by atoms with van der Waals surface area (Å²) < 4.78 is 35.6. The van der Waals surface area contributed by atoms with Gasteiger partial charge in [-0.15, -0.1) is 0 Å². The zero-order valence-electron chi connectivity index (χ0n) is 11.9. The molecule has 2 aromatic rings. The van der Waals surface area contributed by atoms with E-state index in [-0.39, 0.29) is 0 Å². The molecule has 3 rings (SSSR count). The number of nitrogens with one attached hydrogen (secondary N) is 2. The SMILES string of the molecule is CS(=O)(=O)Nc1ccc(Nc2ccc3c(c2)OCCO3)nc1. The molecule has 7 nitrogen and oxygen atoms in total. The summed E-state index contributed by atoms with van der Waals surface area (Å²) in [7, 11) is -3.30. The third kappa shape index (κ3) is 3.59. The second kappa shape index (κ2) is 5.72. The minimum absolute atomic E-state index is 0.412. The molecular weight excluding hydrogens is 306 g/mol. The molecule has 1 aromatic heterocycles. The van der Waals surface area contributed by atoms with E-state index in [9.17, 15) is 8.42 Å². The van der Waals surface area contributed by atoms with Crippen LogP contribution in [0.15, 0.2) is 36.5 Å². The van der Waals surface area contributed by atoms with Crippen molar-refractivity contribution in [2.75, 3.05) is 29.5 Å². The highest BCUT2D eigenvalue weighted by Crippen LogP contribution is 2.33. The fourth-order valence-corrected chi connectivity index (χ4v) is 2.56. The Morgan fingerprint density at radius 2 is 1.77 bits per heavy atom. The van der Waals surface area contributed by atoms with E-state index in [4.69, 9.17) is 9.47 Å². The Balaban J connectivity index is 1.73. The Bertz CT molecular complexity index is 775. The maximum Gasteiger partial charge on any atom is 0.229 e. The van der Waals surface area contributed by atoms with Gasteiger partial charge in [0.15, 0.2) is 11.5 Å². The van der Waals surface area contributed by atoms with Gasteiger partial charge in [-0.2, -0.15) is 0 Å². The first-order chi connectivity index (χ1) is 10.5. The van der Waals surface area contributed by atoms with Crippen LogP contribution in [-0.2, 0) is 10.0 Å². The highest BCUT2D eigenvalue weighted by atomic mass is 32.2. The number of aromatic nitrogens is 1. The molecule has 0 atom stereocenters. The first-order valence-electron chi connectivity index (χ1n) is 6.60. The van der Waals surface area contributed by atoms with E-state index < -0.39 is 10.0 Å². The summed E-state index contributed by atoms with van der Waals surface area (Å²) in [6, 6.07) is 8.84. The molecule has 0 amide bonds. The number of rotatable bonds is 4. The Labute approximate surface area is 128 Å². The van der Waals surface area contributed by atoms with Crippen LogP contribution < -0.4 is 19.5 Å². The van der Waals surface area contributed by atoms with Gasteiger partial charge in [0.1, 0.15) is 19.0 Å². The lowest BCUT2D eigenvalue weighted by atomic mass is 10.2. The molecule has 1 aliphatic rings. The van der Waals surface area contributed by atoms with Crippen molar-refractivity contribution in [3.8, 4) is 11.5 Å². The molecule has 0 spiro atoms. The van der Waals surface area contributed by atoms with Crippen LogP contribution in [0.3, 0.4) is 0 Å². The largest absolute Gasteiger partial charge is 0.486 e. The monoisotopic (exact) mass is 321 g/mol. The summed E-state index contributed by atoms with van der Waals surface area (Å²) in [5, 5.41) is 3.12. The second-order valence-corrected chi connectivity index (χ2v) is 6.54. The van der Waals surface area contributed by atoms with Crippen LogP contribution in [-0.4, -0.2) is 32.9 Å². The van der Waals surface area contributed by atoms with Crippen molar-refractivity contribution >= 4 is 27.2 Å². The zero-order chi connectivity index (χ0) is 15.6. The summed E-state index contributed by atoms with van der Waals surface area (Å²) in [4.78, 5) is 4.16. The van der Waals surface area contributed by atoms with Crippen LogP contribution in [0.2, 0.25) is 0 Å². The van der Waals surface area contributed by atoms with Gasteiger partial charge in [-0.25, -0.2) is 13.4 Å². The van der Waals surface area contributed by atoms with Gasteiger partial charge in [0, 0.05) is 11.8 Å². The van der Waals surface area contributed by atoms with Crippen molar-refractivity contribution in [3.63, 3.8) is 0 Å². The quantitative estimate of drug-likeness (QED) is 0.895. The van der Waals surface area contributed by atoms with Gasteiger partial charge >= 0.3 is 0 Å². The lowest BCUT2D eigenvalue weighted by Crippen LogP contribution is -2.15. The number of ether oxygens (including phenoxy) is 2. The van der Waals surface area contributed by atoms with Crippen molar-refractivity contribution in [3.05, 3.63) is 36.5 Å². The maximum absolute atomic E-state index is 11.1. The fraction of sp³-hybridized carbons (Fsp3) is 0.214. The van der Waals surface area contributed by atoms with Gasteiger partial charge < -0.3 is 14.8 Å². The number of sulfonamides is 1. The number of pyridine rings is 1. The van der Waals surface area contributed by atoms with Crippen LogP contribution >= 0.6 is 0 Å². The van der Waals surface area contributed by atoms with Crippen molar-refractivity contribution in [1.29, 1.82) is 0 Å². The molecule has 8 heteroatoms. The molecule has 0 unspecified atom stereocenters. The summed E-state index contributed by atoms with van der Waals surface area (Å²) in [6.07, 6.45) is 2.54. The first kappa shape index (κ1) is 14.5. The van der Waals surface area contributed by atoms with Gasteiger partial charge in [-0.3, -0.25) is 4.72 Å². The van der Waals surface area contributed by atoms with E-state index in [0.29, 0.717) is 30.5 Å². The summed E-state index contributed by atoms with van der Waals surface area (Å²) >= 11 is 0. The van der Waals surface area contributed by atoms with E-state index in [1.54, 1.807) is 12.1 Å². The van der Waals surface area contributed by atoms with Crippen LogP contribution in [0.4, 0.5) is 17.2 Å². The van der Waals surface area contributed by atoms with Crippen LogP contribution in [0.25, 0.3) is 0 Å². The maximum atomic E-state index is 11.1. The minimum atomic E-state index is -3.30. The molecule has 22 heavy (non-hydrogen) atoms. The average Bonchev–Trinajstić information content (AvgIpc) is 2.48. The summed E-state index contributed by atoms with van der Waals surface area (Å²) in [5.74, 6) is 2.00. The van der Waals surface area contributed by atoms with E-state index in [2.05, 4.69) is 15.0 Å². The third-order valence-electron chi connectivity index (χ3n) is 2.88. The Hall–Kier alpha value is -2.48. The van der Waals surface area contributed by atoms with Crippen molar-refractivity contribution < 1.29 is 17.9 Å². The predicted molar refractivity (Wildman–Crippen MR) is 83.4 cm³/mol. The summed E-state index contributed by atoms with van der Waals surface area (Å²) in [6.45, 7) is 1.08. The fourth-order valence-electron chi connectivity index (χ4n) is 2.01. The molecule has 0 fully saturated rings. The van der Waals surface area contributed by atoms with Gasteiger partial charge in [0.25, 0.3) is 0 Å². The van der Waals surface area contributed by atoms with Crippen LogP contribution in [0.1, 0.15) is 0 Å². The van der Waals surface area contributed by atoms with E-state index in [1.165, 1.54) is 6.20 Å². The lowest BCUT2D eigenvalue weighted by molar-refractivity contribution is 0.171. The number of hydrogen-bond donors (Lipinski definition) is 2. The van der Waals surface area contributed by atoms with Crippen LogP contribution in [0, 0.1) is 0 Å². The van der Waals surface area contributed by atoms with Crippen molar-refractivity contribution in [2.45, 2.75) is 0 Å². The number of anilines is 3. The molecule has 2 N–H and O–H groups in total. The molecule has 116 valence electrons. The minimum Gasteiger partial charge on any atom is -0.486 e. The molecule has 0 saturated heterocycles. The first-order valence-corrected chi connectivity index (χ1v) is 8.49. The second-order valence-electron chi connectivity index (χ2n) is 4.79. The average molecular weight is 321 g/mol. The topological polar surface area (TPSA) is 89.6 Å². The zero-order valence-corrected chi connectivity index (χ0v) is 12.7. The molecule has 1 aliphatic heterocycles. The Morgan fingerprint density at radius 1 is 1.05 bits per heavy atom. The number of nitrogens with zero attached hydrogens (tertiary/aromatic N) is 1. The lowest BCUT2D eigenvalue weighted by Gasteiger charge is -2.19. The van der Waals surface area contributed by atoms with Gasteiger partial charge in [0.2, 0.25) is 10.0 Å². The van der Waals surface area contributed by atoms with Crippen LogP contribution in [0.5, 0.6) is 11.5 Å². The van der Waals surface area contributed by atoms with E-state index >= 15 is 0 Å². The van der Waals surface area contributed by atoms with Crippen molar-refractivity contribution in [1.82, 2.24) is 4.98 Å². The molecule has 0 saturated carbocycles.